The smallest absolute Gasteiger partial charge is 0.234 e. The molecular formula is C16H25N5O. The maximum absolute atomic E-state index is 9.46. The first kappa shape index (κ1) is 15.4. The number of piperazine rings is 1. The van der Waals surface area contributed by atoms with Crippen LogP contribution in [-0.2, 0) is 6.54 Å². The molecule has 2 aromatic heterocycles. The molecule has 0 saturated carbocycles. The summed E-state index contributed by atoms with van der Waals surface area (Å²) in [6.07, 6.45) is 1.85. The predicted octanol–water partition coefficient (Wildman–Crippen LogP) is 0.845. The zero-order valence-electron chi connectivity index (χ0n) is 13.7. The van der Waals surface area contributed by atoms with Gasteiger partial charge in [0.25, 0.3) is 0 Å². The van der Waals surface area contributed by atoms with Crippen LogP contribution in [0.1, 0.15) is 24.0 Å². The van der Waals surface area contributed by atoms with Crippen molar-refractivity contribution in [3.05, 3.63) is 29.3 Å². The monoisotopic (exact) mass is 303 g/mol. The van der Waals surface area contributed by atoms with E-state index in [4.69, 9.17) is 0 Å². The summed E-state index contributed by atoms with van der Waals surface area (Å²) in [6, 6.07) is 2.08. The van der Waals surface area contributed by atoms with Crippen LogP contribution in [0.4, 0.5) is 0 Å². The second-order valence-corrected chi connectivity index (χ2v) is 6.37. The van der Waals surface area contributed by atoms with E-state index in [1.54, 1.807) is 0 Å². The predicted molar refractivity (Wildman–Crippen MR) is 85.9 cm³/mol. The highest BCUT2D eigenvalue weighted by Gasteiger charge is 2.19. The van der Waals surface area contributed by atoms with Crippen LogP contribution in [0.15, 0.2) is 12.3 Å². The highest BCUT2D eigenvalue weighted by molar-refractivity contribution is 5.34. The minimum atomic E-state index is -0.248. The van der Waals surface area contributed by atoms with Crippen LogP contribution in [0.25, 0.3) is 5.78 Å². The van der Waals surface area contributed by atoms with Gasteiger partial charge in [0.15, 0.2) is 0 Å². The summed E-state index contributed by atoms with van der Waals surface area (Å²) in [5.41, 5.74) is 3.25. The van der Waals surface area contributed by atoms with Crippen molar-refractivity contribution in [3.8, 4) is 0 Å². The fourth-order valence-corrected chi connectivity index (χ4v) is 3.13. The first-order valence-corrected chi connectivity index (χ1v) is 7.96. The fourth-order valence-electron chi connectivity index (χ4n) is 3.13. The van der Waals surface area contributed by atoms with E-state index < -0.39 is 0 Å². The Labute approximate surface area is 131 Å². The largest absolute Gasteiger partial charge is 0.392 e. The number of imidazole rings is 1. The van der Waals surface area contributed by atoms with Crippen molar-refractivity contribution in [3.63, 3.8) is 0 Å². The molecule has 0 aromatic carbocycles. The fraction of sp³-hybridized carbons (Fsp3) is 0.625. The van der Waals surface area contributed by atoms with Crippen molar-refractivity contribution in [2.24, 2.45) is 0 Å². The van der Waals surface area contributed by atoms with Gasteiger partial charge in [0.2, 0.25) is 5.78 Å². The van der Waals surface area contributed by atoms with Crippen molar-refractivity contribution >= 4 is 5.78 Å². The van der Waals surface area contributed by atoms with Crippen LogP contribution in [-0.4, -0.2) is 68.1 Å². The number of aliphatic hydroxyl groups excluding tert-OH is 1. The maximum atomic E-state index is 9.46. The van der Waals surface area contributed by atoms with E-state index in [1.165, 1.54) is 5.69 Å². The molecule has 0 radical (unpaired) electrons. The summed E-state index contributed by atoms with van der Waals surface area (Å²) in [5.74, 6) is 0.792. The number of fused-ring (bicyclic) bond motifs is 1. The molecule has 0 amide bonds. The van der Waals surface area contributed by atoms with E-state index in [-0.39, 0.29) is 6.10 Å². The topological polar surface area (TPSA) is 56.9 Å². The van der Waals surface area contributed by atoms with Crippen LogP contribution in [0.3, 0.4) is 0 Å². The Morgan fingerprint density at radius 1 is 1.14 bits per heavy atom. The summed E-state index contributed by atoms with van der Waals surface area (Å²) in [5, 5.41) is 9.46. The van der Waals surface area contributed by atoms with E-state index in [0.717, 1.165) is 56.4 Å². The molecule has 6 nitrogen and oxygen atoms in total. The van der Waals surface area contributed by atoms with Crippen LogP contribution in [0.2, 0.25) is 0 Å². The first-order chi connectivity index (χ1) is 10.5. The van der Waals surface area contributed by atoms with Crippen molar-refractivity contribution in [2.75, 3.05) is 32.7 Å². The van der Waals surface area contributed by atoms with E-state index in [1.807, 2.05) is 13.8 Å². The summed E-state index contributed by atoms with van der Waals surface area (Å²) in [7, 11) is 0. The summed E-state index contributed by atoms with van der Waals surface area (Å²) >= 11 is 0. The minimum absolute atomic E-state index is 0.248. The lowest BCUT2D eigenvalue weighted by Crippen LogP contribution is -2.47. The number of rotatable bonds is 4. The first-order valence-electron chi connectivity index (χ1n) is 7.96. The molecule has 120 valence electrons. The molecule has 1 fully saturated rings. The summed E-state index contributed by atoms with van der Waals surface area (Å²) < 4.78 is 2.06. The highest BCUT2D eigenvalue weighted by atomic mass is 16.3. The molecule has 1 atom stereocenters. The average Bonchev–Trinajstić information content (AvgIpc) is 2.83. The normalized spacial score (nSPS) is 18.9. The average molecular weight is 303 g/mol. The Morgan fingerprint density at radius 3 is 2.50 bits per heavy atom. The number of aromatic nitrogens is 3. The Kier molecular flexibility index (Phi) is 4.42. The molecule has 1 aliphatic rings. The lowest BCUT2D eigenvalue weighted by atomic mass is 10.2. The van der Waals surface area contributed by atoms with Gasteiger partial charge in [-0.2, -0.15) is 0 Å². The molecule has 0 bridgehead atoms. The van der Waals surface area contributed by atoms with E-state index in [2.05, 4.69) is 43.4 Å². The molecule has 1 N–H and O–H groups in total. The number of hydrogen-bond donors (Lipinski definition) is 1. The van der Waals surface area contributed by atoms with Gasteiger partial charge >= 0.3 is 0 Å². The zero-order chi connectivity index (χ0) is 15.7. The lowest BCUT2D eigenvalue weighted by molar-refractivity contribution is 0.0777. The van der Waals surface area contributed by atoms with Gasteiger partial charge in [-0.05, 0) is 26.8 Å². The van der Waals surface area contributed by atoms with Crippen molar-refractivity contribution in [2.45, 2.75) is 33.4 Å². The second kappa shape index (κ2) is 6.32. The van der Waals surface area contributed by atoms with Crippen LogP contribution >= 0.6 is 0 Å². The van der Waals surface area contributed by atoms with Gasteiger partial charge in [0, 0.05) is 56.9 Å². The van der Waals surface area contributed by atoms with Gasteiger partial charge in [-0.25, -0.2) is 9.97 Å². The standard InChI is InChI=1S/C16H25N5O/c1-12-8-13(2)21-11-15(18-16(21)17-12)10-20-6-4-19(5-7-20)9-14(3)22/h8,11,14,22H,4-7,9-10H2,1-3H3/t14-/m0/s1. The number of aliphatic hydroxyl groups is 1. The van der Waals surface area contributed by atoms with Crippen molar-refractivity contribution in [1.29, 1.82) is 0 Å². The Hall–Kier alpha value is -1.50. The van der Waals surface area contributed by atoms with Crippen LogP contribution in [0.5, 0.6) is 0 Å². The molecule has 1 saturated heterocycles. The van der Waals surface area contributed by atoms with Gasteiger partial charge in [0.1, 0.15) is 0 Å². The molecule has 0 aliphatic carbocycles. The molecule has 6 heteroatoms. The molecule has 22 heavy (non-hydrogen) atoms. The Balaban J connectivity index is 1.64. The lowest BCUT2D eigenvalue weighted by Gasteiger charge is -2.34. The van der Waals surface area contributed by atoms with Crippen molar-refractivity contribution < 1.29 is 5.11 Å². The summed E-state index contributed by atoms with van der Waals surface area (Å²) in [6.45, 7) is 11.6. The Morgan fingerprint density at radius 2 is 1.82 bits per heavy atom. The van der Waals surface area contributed by atoms with Gasteiger partial charge in [-0.1, -0.05) is 0 Å². The van der Waals surface area contributed by atoms with E-state index >= 15 is 0 Å². The van der Waals surface area contributed by atoms with E-state index in [0.29, 0.717) is 0 Å². The van der Waals surface area contributed by atoms with E-state index in [9.17, 15) is 5.11 Å². The number of nitrogens with zero attached hydrogens (tertiary/aromatic N) is 5. The molecule has 0 spiro atoms. The number of β-amino-alcohol motifs (C(OH)–C–C–N with tert-alkyl or cyclic N) is 1. The number of hydrogen-bond acceptors (Lipinski definition) is 5. The molecule has 3 heterocycles. The quantitative estimate of drug-likeness (QED) is 0.907. The SMILES string of the molecule is Cc1cc(C)n2cc(CN3CCN(C[C@H](C)O)CC3)nc2n1. The van der Waals surface area contributed by atoms with Gasteiger partial charge in [0.05, 0.1) is 11.8 Å². The third-order valence-electron chi connectivity index (χ3n) is 4.18. The number of aryl methyl sites for hydroxylation is 2. The van der Waals surface area contributed by atoms with Gasteiger partial charge < -0.3 is 5.11 Å². The minimum Gasteiger partial charge on any atom is -0.392 e. The molecule has 0 unspecified atom stereocenters. The van der Waals surface area contributed by atoms with Crippen molar-refractivity contribution in [1.82, 2.24) is 24.2 Å². The highest BCUT2D eigenvalue weighted by Crippen LogP contribution is 2.12. The van der Waals surface area contributed by atoms with Gasteiger partial charge in [-0.15, -0.1) is 0 Å². The third-order valence-corrected chi connectivity index (χ3v) is 4.18. The van der Waals surface area contributed by atoms with Crippen LogP contribution < -0.4 is 0 Å². The second-order valence-electron chi connectivity index (χ2n) is 6.37. The third kappa shape index (κ3) is 3.45. The molecule has 1 aliphatic heterocycles. The maximum Gasteiger partial charge on any atom is 0.234 e. The Bertz CT molecular complexity index is 643. The molecule has 2 aromatic rings. The van der Waals surface area contributed by atoms with Gasteiger partial charge in [-0.3, -0.25) is 14.2 Å². The summed E-state index contributed by atoms with van der Waals surface area (Å²) in [4.78, 5) is 13.9. The molecule has 3 rings (SSSR count). The molecular weight excluding hydrogens is 278 g/mol. The zero-order valence-corrected chi connectivity index (χ0v) is 13.7. The van der Waals surface area contributed by atoms with Crippen LogP contribution in [0, 0.1) is 13.8 Å².